The van der Waals surface area contributed by atoms with Crippen molar-refractivity contribution >= 4 is 5.97 Å². The highest BCUT2D eigenvalue weighted by Crippen LogP contribution is 2.46. The van der Waals surface area contributed by atoms with E-state index in [-0.39, 0.29) is 23.6 Å². The van der Waals surface area contributed by atoms with Crippen LogP contribution in [0.2, 0.25) is 0 Å². The Hall–Kier alpha value is -4.89. The van der Waals surface area contributed by atoms with Gasteiger partial charge in [-0.25, -0.2) is 9.48 Å². The number of carboxylic acids is 1. The molecule has 3 N–H and O–H groups in total. The Morgan fingerprint density at radius 3 is 2.77 bits per heavy atom. The van der Waals surface area contributed by atoms with Crippen LogP contribution in [0.3, 0.4) is 0 Å². The van der Waals surface area contributed by atoms with E-state index in [1.54, 1.807) is 37.3 Å². The largest absolute Gasteiger partial charge is 0.490 e. The molecule has 0 bridgehead atoms. The monoisotopic (exact) mass is 470 g/mol. The Morgan fingerprint density at radius 1 is 1.29 bits per heavy atom. The van der Waals surface area contributed by atoms with Gasteiger partial charge in [-0.3, -0.25) is 0 Å². The molecular weight excluding hydrogens is 448 g/mol. The molecule has 0 radical (unpaired) electrons. The normalized spacial score (nSPS) is 14.3. The lowest BCUT2D eigenvalue weighted by Gasteiger charge is -2.25. The molecule has 0 amide bonds. The third-order valence-corrected chi connectivity index (χ3v) is 5.48. The van der Waals surface area contributed by atoms with Crippen molar-refractivity contribution in [1.82, 2.24) is 9.78 Å². The number of aromatic carboxylic acids is 1. The number of hydrogen-bond acceptors (Lipinski definition) is 7. The molecule has 1 aromatic heterocycles. The van der Waals surface area contributed by atoms with Crippen molar-refractivity contribution in [2.45, 2.75) is 19.8 Å². The second kappa shape index (κ2) is 9.54. The van der Waals surface area contributed by atoms with E-state index in [1.807, 2.05) is 6.92 Å². The Bertz CT molecular complexity index is 1420. The van der Waals surface area contributed by atoms with Crippen LogP contribution in [0, 0.1) is 30.6 Å². The molecule has 4 rings (SSSR count). The number of rotatable bonds is 7. The molecule has 0 aliphatic carbocycles. The smallest absolute Gasteiger partial charge is 0.335 e. The first-order valence-corrected chi connectivity index (χ1v) is 10.7. The number of nitriles is 1. The summed E-state index contributed by atoms with van der Waals surface area (Å²) in [7, 11) is 0. The molecule has 1 unspecified atom stereocenters. The zero-order valence-corrected chi connectivity index (χ0v) is 19.1. The van der Waals surface area contributed by atoms with Gasteiger partial charge in [0.25, 0.3) is 0 Å². The van der Waals surface area contributed by atoms with Crippen LogP contribution in [-0.4, -0.2) is 34.1 Å². The van der Waals surface area contributed by atoms with E-state index >= 15 is 0 Å². The molecule has 0 spiro atoms. The lowest BCUT2D eigenvalue weighted by Crippen LogP contribution is -2.22. The average molecular weight is 470 g/mol. The van der Waals surface area contributed by atoms with Crippen molar-refractivity contribution in [3.05, 3.63) is 76.3 Å². The minimum Gasteiger partial charge on any atom is -0.490 e. The molecule has 2 aromatic carbocycles. The second-order valence-corrected chi connectivity index (χ2v) is 7.63. The van der Waals surface area contributed by atoms with E-state index in [0.29, 0.717) is 46.5 Å². The molecule has 0 saturated carbocycles. The summed E-state index contributed by atoms with van der Waals surface area (Å²) in [4.78, 5) is 11.5. The van der Waals surface area contributed by atoms with E-state index in [1.165, 1.54) is 16.8 Å². The number of ether oxygens (including phenoxy) is 3. The quantitative estimate of drug-likeness (QED) is 0.501. The highest BCUT2D eigenvalue weighted by atomic mass is 16.5. The molecule has 1 aliphatic rings. The van der Waals surface area contributed by atoms with Crippen LogP contribution >= 0.6 is 0 Å². The lowest BCUT2D eigenvalue weighted by molar-refractivity contribution is 0.0697. The number of allylic oxidation sites excluding steroid dienone is 1. The van der Waals surface area contributed by atoms with Gasteiger partial charge >= 0.3 is 5.97 Å². The number of fused-ring (bicyclic) bond motifs is 1. The van der Waals surface area contributed by atoms with Crippen LogP contribution in [-0.2, 0) is 0 Å². The fourth-order valence-electron chi connectivity index (χ4n) is 4.00. The number of aryl methyl sites for hydroxylation is 1. The summed E-state index contributed by atoms with van der Waals surface area (Å²) in [5.41, 5.74) is 8.93. The summed E-state index contributed by atoms with van der Waals surface area (Å²) in [5, 5.41) is 23.9. The number of hydrogen-bond donors (Lipinski definition) is 2. The van der Waals surface area contributed by atoms with Crippen molar-refractivity contribution < 1.29 is 24.1 Å². The summed E-state index contributed by atoms with van der Waals surface area (Å²) >= 11 is 0. The van der Waals surface area contributed by atoms with Gasteiger partial charge in [0, 0.05) is 0 Å². The van der Waals surface area contributed by atoms with Crippen molar-refractivity contribution in [3.63, 3.8) is 0 Å². The van der Waals surface area contributed by atoms with E-state index in [4.69, 9.17) is 26.4 Å². The van der Waals surface area contributed by atoms with Crippen LogP contribution in [0.25, 0.3) is 5.69 Å². The molecule has 0 fully saturated rings. The lowest BCUT2D eigenvalue weighted by atomic mass is 9.84. The average Bonchev–Trinajstić information content (AvgIpc) is 3.18. The minimum atomic E-state index is -1.06. The molecule has 176 valence electrons. The minimum absolute atomic E-state index is 0.0637. The Labute approximate surface area is 201 Å². The third kappa shape index (κ3) is 4.23. The maximum Gasteiger partial charge on any atom is 0.335 e. The van der Waals surface area contributed by atoms with Gasteiger partial charge in [-0.15, -0.1) is 6.42 Å². The van der Waals surface area contributed by atoms with Gasteiger partial charge < -0.3 is 25.1 Å². The van der Waals surface area contributed by atoms with Gasteiger partial charge in [-0.1, -0.05) is 18.1 Å². The number of carboxylic acid groups (broad SMARTS) is 1. The number of nitrogens with zero attached hydrogens (tertiary/aromatic N) is 3. The van der Waals surface area contributed by atoms with Gasteiger partial charge in [0.05, 0.1) is 35.0 Å². The molecule has 3 aromatic rings. The molecule has 9 heteroatoms. The van der Waals surface area contributed by atoms with Gasteiger partial charge in [0.1, 0.15) is 18.2 Å². The van der Waals surface area contributed by atoms with Crippen molar-refractivity contribution in [3.8, 4) is 41.5 Å². The molecule has 9 nitrogen and oxygen atoms in total. The van der Waals surface area contributed by atoms with Crippen LogP contribution in [0.1, 0.15) is 40.0 Å². The number of nitrogens with two attached hydrogens (primary N) is 1. The third-order valence-electron chi connectivity index (χ3n) is 5.48. The SMILES string of the molecule is C#CCOc1ccc(C2C(C#N)=C(N)Oc3c2c(C)nn3-c2cccc(C(=O)O)c2)cc1OCC. The summed E-state index contributed by atoms with van der Waals surface area (Å²) in [5.74, 6) is 1.96. The van der Waals surface area contributed by atoms with E-state index in [9.17, 15) is 15.2 Å². The number of aromatic nitrogens is 2. The van der Waals surface area contributed by atoms with Gasteiger partial charge in [0.15, 0.2) is 11.5 Å². The van der Waals surface area contributed by atoms with Crippen molar-refractivity contribution in [2.75, 3.05) is 13.2 Å². The topological polar surface area (TPSA) is 133 Å². The number of carbonyl (C=O) groups is 1. The van der Waals surface area contributed by atoms with Crippen molar-refractivity contribution in [1.29, 1.82) is 5.26 Å². The maximum absolute atomic E-state index is 11.5. The first kappa shape index (κ1) is 23.3. The predicted molar refractivity (Wildman–Crippen MR) is 126 cm³/mol. The zero-order chi connectivity index (χ0) is 25.1. The second-order valence-electron chi connectivity index (χ2n) is 7.63. The first-order chi connectivity index (χ1) is 16.9. The first-order valence-electron chi connectivity index (χ1n) is 10.7. The summed E-state index contributed by atoms with van der Waals surface area (Å²) in [6.45, 7) is 4.12. The summed E-state index contributed by atoms with van der Waals surface area (Å²) in [6, 6.07) is 13.8. The highest BCUT2D eigenvalue weighted by molar-refractivity contribution is 5.88. The van der Waals surface area contributed by atoms with Crippen LogP contribution in [0.4, 0.5) is 0 Å². The molecule has 2 heterocycles. The van der Waals surface area contributed by atoms with Gasteiger partial charge in [0.2, 0.25) is 11.8 Å². The van der Waals surface area contributed by atoms with Gasteiger partial charge in [-0.05, 0) is 49.7 Å². The molecule has 1 atom stereocenters. The van der Waals surface area contributed by atoms with Crippen molar-refractivity contribution in [2.24, 2.45) is 5.73 Å². The van der Waals surface area contributed by atoms with E-state index in [0.717, 1.165) is 0 Å². The fraction of sp³-hybridized carbons (Fsp3) is 0.192. The van der Waals surface area contributed by atoms with Crippen LogP contribution in [0.5, 0.6) is 17.4 Å². The van der Waals surface area contributed by atoms with E-state index < -0.39 is 11.9 Å². The number of benzene rings is 2. The predicted octanol–water partition coefficient (Wildman–Crippen LogP) is 3.51. The Balaban J connectivity index is 1.89. The molecule has 35 heavy (non-hydrogen) atoms. The maximum atomic E-state index is 11.5. The van der Waals surface area contributed by atoms with E-state index in [2.05, 4.69) is 17.1 Å². The van der Waals surface area contributed by atoms with Gasteiger partial charge in [-0.2, -0.15) is 10.4 Å². The standard InChI is InChI=1S/C26H22N4O5/c1-4-11-34-20-10-9-16(13-21(20)33-5-2)23-19(14-27)24(28)35-25-22(23)15(3)29-30(25)18-8-6-7-17(12-18)26(31)32/h1,6-10,12-13,23H,5,11,28H2,2-3H3,(H,31,32). The molecule has 1 aliphatic heterocycles. The highest BCUT2D eigenvalue weighted by Gasteiger charge is 2.36. The Morgan fingerprint density at radius 2 is 2.09 bits per heavy atom. The summed E-state index contributed by atoms with van der Waals surface area (Å²) < 4.78 is 18.7. The fourth-order valence-corrected chi connectivity index (χ4v) is 4.00. The number of terminal acetylenes is 1. The molecular formula is C26H22N4O5. The zero-order valence-electron chi connectivity index (χ0n) is 19.1. The molecule has 0 saturated heterocycles. The summed E-state index contributed by atoms with van der Waals surface area (Å²) in [6.07, 6.45) is 5.32. The van der Waals surface area contributed by atoms with Crippen LogP contribution in [0.15, 0.2) is 53.9 Å². The Kier molecular flexibility index (Phi) is 6.34. The van der Waals surface area contributed by atoms with Crippen LogP contribution < -0.4 is 19.9 Å².